The fourth-order valence-electron chi connectivity index (χ4n) is 3.28. The highest BCUT2D eigenvalue weighted by molar-refractivity contribution is 5.89. The summed E-state index contributed by atoms with van der Waals surface area (Å²) in [6.45, 7) is 0. The minimum atomic E-state index is -0.286. The molecule has 0 amide bonds. The van der Waals surface area contributed by atoms with Crippen LogP contribution in [0.2, 0.25) is 0 Å². The molecule has 0 unspecified atom stereocenters. The van der Waals surface area contributed by atoms with Crippen molar-refractivity contribution in [3.63, 3.8) is 0 Å². The van der Waals surface area contributed by atoms with Crippen LogP contribution in [0.1, 0.15) is 11.1 Å². The molecule has 0 fully saturated rings. The topological polar surface area (TPSA) is 43.1 Å². The fourth-order valence-corrected chi connectivity index (χ4v) is 3.28. The average Bonchev–Trinajstić information content (AvgIpc) is 2.93. The molecule has 0 aliphatic heterocycles. The second kappa shape index (κ2) is 4.81. The third-order valence-corrected chi connectivity index (χ3v) is 4.22. The Labute approximate surface area is 128 Å². The van der Waals surface area contributed by atoms with Crippen LogP contribution in [0.3, 0.4) is 0 Å². The number of nitrogens with zero attached hydrogens (tertiary/aromatic N) is 1. The van der Waals surface area contributed by atoms with Gasteiger partial charge in [-0.25, -0.2) is 0 Å². The Morgan fingerprint density at radius 1 is 0.818 bits per heavy atom. The Morgan fingerprint density at radius 3 is 2.32 bits per heavy atom. The first kappa shape index (κ1) is 12.8. The molecule has 1 aliphatic carbocycles. The molecule has 0 aromatic heterocycles. The first-order valence-corrected chi connectivity index (χ1v) is 7.19. The third-order valence-electron chi connectivity index (χ3n) is 4.22. The van der Waals surface area contributed by atoms with Crippen LogP contribution in [0.15, 0.2) is 66.7 Å². The van der Waals surface area contributed by atoms with Crippen molar-refractivity contribution >= 4 is 5.69 Å². The molecule has 0 saturated heterocycles. The Morgan fingerprint density at radius 2 is 1.55 bits per heavy atom. The molecular weight excluding hydrogens is 274 g/mol. The predicted octanol–water partition coefficient (Wildman–Crippen LogP) is 4.83. The van der Waals surface area contributed by atoms with Gasteiger partial charge in [0, 0.05) is 6.07 Å². The van der Waals surface area contributed by atoms with Gasteiger partial charge in [0.2, 0.25) is 0 Å². The highest BCUT2D eigenvalue weighted by atomic mass is 16.6. The molecule has 0 N–H and O–H groups in total. The van der Waals surface area contributed by atoms with Gasteiger partial charge in [-0.2, -0.15) is 0 Å². The lowest BCUT2D eigenvalue weighted by Gasteiger charge is -2.09. The molecule has 0 spiro atoms. The van der Waals surface area contributed by atoms with E-state index in [1.54, 1.807) is 6.07 Å². The van der Waals surface area contributed by atoms with Crippen molar-refractivity contribution in [2.24, 2.45) is 0 Å². The minimum absolute atomic E-state index is 0.178. The monoisotopic (exact) mass is 287 g/mol. The Hall–Kier alpha value is -2.94. The molecule has 0 atom stereocenters. The Bertz CT molecular complexity index is 885. The van der Waals surface area contributed by atoms with Gasteiger partial charge >= 0.3 is 0 Å². The zero-order chi connectivity index (χ0) is 15.1. The first-order chi connectivity index (χ1) is 10.8. The zero-order valence-electron chi connectivity index (χ0n) is 11.8. The van der Waals surface area contributed by atoms with E-state index < -0.39 is 0 Å². The smallest absolute Gasteiger partial charge is 0.258 e. The summed E-state index contributed by atoms with van der Waals surface area (Å²) in [6, 6.07) is 21.3. The molecule has 22 heavy (non-hydrogen) atoms. The van der Waals surface area contributed by atoms with E-state index in [9.17, 15) is 10.1 Å². The van der Waals surface area contributed by atoms with Gasteiger partial charge in [-0.05, 0) is 40.3 Å². The van der Waals surface area contributed by atoms with Crippen LogP contribution in [0, 0.1) is 10.1 Å². The zero-order valence-corrected chi connectivity index (χ0v) is 11.8. The average molecular weight is 287 g/mol. The standard InChI is InChI=1S/C19H13NO2/c21-20(22)18-11-10-16-15-9-5-4-8-14(15)12-17(16)19(18)13-6-2-1-3-7-13/h1-11H,12H2. The number of nitro benzene ring substituents is 1. The highest BCUT2D eigenvalue weighted by Gasteiger charge is 2.27. The second-order valence-corrected chi connectivity index (χ2v) is 5.44. The second-order valence-electron chi connectivity index (χ2n) is 5.44. The lowest BCUT2D eigenvalue weighted by Crippen LogP contribution is -1.96. The minimum Gasteiger partial charge on any atom is -0.258 e. The number of benzene rings is 3. The molecule has 3 aromatic carbocycles. The van der Waals surface area contributed by atoms with Gasteiger partial charge in [0.05, 0.1) is 10.5 Å². The Kier molecular flexibility index (Phi) is 2.79. The van der Waals surface area contributed by atoms with Crippen LogP contribution in [-0.4, -0.2) is 4.92 Å². The van der Waals surface area contributed by atoms with E-state index in [1.807, 2.05) is 48.5 Å². The highest BCUT2D eigenvalue weighted by Crippen LogP contribution is 2.45. The lowest BCUT2D eigenvalue weighted by atomic mass is 9.94. The molecule has 3 nitrogen and oxygen atoms in total. The van der Waals surface area contributed by atoms with Gasteiger partial charge in [0.25, 0.3) is 5.69 Å². The van der Waals surface area contributed by atoms with E-state index in [2.05, 4.69) is 12.1 Å². The maximum atomic E-state index is 11.5. The normalized spacial score (nSPS) is 11.8. The molecule has 0 bridgehead atoms. The van der Waals surface area contributed by atoms with E-state index in [4.69, 9.17) is 0 Å². The van der Waals surface area contributed by atoms with Crippen molar-refractivity contribution in [2.75, 3.05) is 0 Å². The van der Waals surface area contributed by atoms with Gasteiger partial charge in [0.1, 0.15) is 0 Å². The molecule has 106 valence electrons. The van der Waals surface area contributed by atoms with E-state index in [1.165, 1.54) is 11.1 Å². The SMILES string of the molecule is O=[N+]([O-])c1ccc2c(c1-c1ccccc1)Cc1ccccc1-2. The molecular formula is C19H13NO2. The van der Waals surface area contributed by atoms with Crippen LogP contribution in [-0.2, 0) is 6.42 Å². The quantitative estimate of drug-likeness (QED) is 0.391. The molecule has 0 saturated carbocycles. The van der Waals surface area contributed by atoms with Gasteiger partial charge in [-0.3, -0.25) is 10.1 Å². The predicted molar refractivity (Wildman–Crippen MR) is 86.8 cm³/mol. The summed E-state index contributed by atoms with van der Waals surface area (Å²) >= 11 is 0. The van der Waals surface area contributed by atoms with Crippen molar-refractivity contribution in [3.8, 4) is 22.3 Å². The summed E-state index contributed by atoms with van der Waals surface area (Å²) in [6.07, 6.45) is 0.747. The molecule has 3 aromatic rings. The number of rotatable bonds is 2. The molecule has 3 heteroatoms. The van der Waals surface area contributed by atoms with Gasteiger partial charge in [0.15, 0.2) is 0 Å². The third kappa shape index (κ3) is 1.83. The number of hydrogen-bond acceptors (Lipinski definition) is 2. The van der Waals surface area contributed by atoms with Crippen LogP contribution in [0.4, 0.5) is 5.69 Å². The fraction of sp³-hybridized carbons (Fsp3) is 0.0526. The van der Waals surface area contributed by atoms with Crippen LogP contribution in [0.25, 0.3) is 22.3 Å². The maximum absolute atomic E-state index is 11.5. The van der Waals surface area contributed by atoms with E-state index in [0.29, 0.717) is 0 Å². The lowest BCUT2D eigenvalue weighted by molar-refractivity contribution is -0.384. The molecule has 1 aliphatic rings. The van der Waals surface area contributed by atoms with Crippen molar-refractivity contribution in [3.05, 3.63) is 88.0 Å². The Balaban J connectivity index is 2.03. The summed E-state index contributed by atoms with van der Waals surface area (Å²) in [5.41, 5.74) is 6.41. The summed E-state index contributed by atoms with van der Waals surface area (Å²) < 4.78 is 0. The molecule has 0 heterocycles. The van der Waals surface area contributed by atoms with Crippen LogP contribution < -0.4 is 0 Å². The maximum Gasteiger partial charge on any atom is 0.277 e. The van der Waals surface area contributed by atoms with Crippen molar-refractivity contribution in [1.82, 2.24) is 0 Å². The van der Waals surface area contributed by atoms with Gasteiger partial charge in [-0.1, -0.05) is 54.6 Å². The largest absolute Gasteiger partial charge is 0.277 e. The molecule has 0 radical (unpaired) electrons. The number of nitro groups is 1. The van der Waals surface area contributed by atoms with Crippen molar-refractivity contribution in [1.29, 1.82) is 0 Å². The van der Waals surface area contributed by atoms with Crippen LogP contribution >= 0.6 is 0 Å². The summed E-state index contributed by atoms with van der Waals surface area (Å²) in [4.78, 5) is 11.2. The number of fused-ring (bicyclic) bond motifs is 3. The molecule has 4 rings (SSSR count). The summed E-state index contributed by atoms with van der Waals surface area (Å²) in [5.74, 6) is 0. The first-order valence-electron chi connectivity index (χ1n) is 7.19. The van der Waals surface area contributed by atoms with Gasteiger partial charge < -0.3 is 0 Å². The summed E-state index contributed by atoms with van der Waals surface area (Å²) in [7, 11) is 0. The van der Waals surface area contributed by atoms with Crippen LogP contribution in [0.5, 0.6) is 0 Å². The summed E-state index contributed by atoms with van der Waals surface area (Å²) in [5, 5.41) is 11.5. The van der Waals surface area contributed by atoms with Crippen molar-refractivity contribution < 1.29 is 4.92 Å². The number of hydrogen-bond donors (Lipinski definition) is 0. The van der Waals surface area contributed by atoms with E-state index in [-0.39, 0.29) is 10.6 Å². The van der Waals surface area contributed by atoms with E-state index >= 15 is 0 Å². The van der Waals surface area contributed by atoms with E-state index in [0.717, 1.165) is 28.7 Å². The van der Waals surface area contributed by atoms with Gasteiger partial charge in [-0.15, -0.1) is 0 Å². The van der Waals surface area contributed by atoms with Crippen molar-refractivity contribution in [2.45, 2.75) is 6.42 Å².